The molecule has 1 heterocycles. The molecule has 3 heteroatoms. The van der Waals surface area contributed by atoms with Crippen LogP contribution in [0.1, 0.15) is 12.8 Å². The molecule has 0 aromatic carbocycles. The Morgan fingerprint density at radius 1 is 1.60 bits per heavy atom. The molecular weight excluding hydrogens is 148 g/mol. The maximum absolute atomic E-state index is 13.3. The van der Waals surface area contributed by atoms with E-state index in [1.807, 2.05) is 0 Å². The molecule has 10 heavy (non-hydrogen) atoms. The average molecular weight is 161 g/mol. The van der Waals surface area contributed by atoms with Crippen LogP contribution in [-0.2, 0) is 0 Å². The van der Waals surface area contributed by atoms with E-state index in [1.165, 1.54) is 0 Å². The second kappa shape index (κ2) is 1.73. The third-order valence-electron chi connectivity index (χ3n) is 2.90. The minimum atomic E-state index is -0.919. The molecule has 0 amide bonds. The summed E-state index contributed by atoms with van der Waals surface area (Å²) in [4.78, 5) is 2.21. The lowest BCUT2D eigenvalue weighted by atomic mass is 10.1. The molecular formula is C7H13FNP. The van der Waals surface area contributed by atoms with E-state index < -0.39 is 5.41 Å². The van der Waals surface area contributed by atoms with Gasteiger partial charge in [-0.15, -0.1) is 0 Å². The zero-order chi connectivity index (χ0) is 7.41. The topological polar surface area (TPSA) is 3.24 Å². The van der Waals surface area contributed by atoms with Crippen LogP contribution in [0.15, 0.2) is 0 Å². The summed E-state index contributed by atoms with van der Waals surface area (Å²) in [6, 6.07) is 0. The highest BCUT2D eigenvalue weighted by Gasteiger charge is 2.67. The molecule has 1 saturated carbocycles. The van der Waals surface area contributed by atoms with Crippen molar-refractivity contribution < 1.29 is 4.39 Å². The van der Waals surface area contributed by atoms with Gasteiger partial charge in [0.2, 0.25) is 0 Å². The van der Waals surface area contributed by atoms with Gasteiger partial charge >= 0.3 is 0 Å². The highest BCUT2D eigenvalue weighted by Crippen LogP contribution is 2.67. The molecule has 1 spiro atoms. The van der Waals surface area contributed by atoms with Gasteiger partial charge in [0.15, 0.2) is 0 Å². The number of likely N-dealkylation sites (tertiary alicyclic amines) is 1. The van der Waals surface area contributed by atoms with Crippen LogP contribution >= 0.6 is 9.24 Å². The predicted octanol–water partition coefficient (Wildman–Crippen LogP) is 1.25. The van der Waals surface area contributed by atoms with E-state index in [-0.39, 0.29) is 5.41 Å². The lowest BCUT2D eigenvalue weighted by Gasteiger charge is -2.09. The molecule has 58 valence electrons. The number of hydrogen-bond donors (Lipinski definition) is 0. The van der Waals surface area contributed by atoms with E-state index in [1.54, 1.807) is 0 Å². The van der Waals surface area contributed by atoms with Gasteiger partial charge in [-0.2, -0.15) is 0 Å². The van der Waals surface area contributed by atoms with Gasteiger partial charge in [0.25, 0.3) is 0 Å². The Morgan fingerprint density at radius 2 is 2.20 bits per heavy atom. The van der Waals surface area contributed by atoms with Crippen molar-refractivity contribution in [3.05, 3.63) is 0 Å². The minimum absolute atomic E-state index is 0.0341. The summed E-state index contributed by atoms with van der Waals surface area (Å²) in [6.07, 6.45) is 1.80. The number of hydrogen-bond acceptors (Lipinski definition) is 1. The van der Waals surface area contributed by atoms with Crippen LogP contribution in [0, 0.1) is 5.41 Å². The first-order valence-electron chi connectivity index (χ1n) is 3.72. The molecule has 2 rings (SSSR count). The van der Waals surface area contributed by atoms with Crippen molar-refractivity contribution in [2.45, 2.75) is 18.3 Å². The first-order chi connectivity index (χ1) is 4.56. The molecule has 1 aliphatic heterocycles. The van der Waals surface area contributed by atoms with Crippen molar-refractivity contribution in [3.8, 4) is 0 Å². The monoisotopic (exact) mass is 161 g/mol. The van der Waals surface area contributed by atoms with Gasteiger partial charge in [-0.25, -0.2) is 4.39 Å². The summed E-state index contributed by atoms with van der Waals surface area (Å²) in [5, 5.41) is -0.919. The van der Waals surface area contributed by atoms with Crippen LogP contribution in [0.25, 0.3) is 0 Å². The Labute approximate surface area is 63.2 Å². The second-order valence-corrected chi connectivity index (χ2v) is 4.72. The molecule has 1 saturated heterocycles. The maximum Gasteiger partial charge on any atom is 0.131 e. The van der Waals surface area contributed by atoms with Gasteiger partial charge < -0.3 is 4.90 Å². The van der Waals surface area contributed by atoms with Crippen molar-refractivity contribution in [2.24, 2.45) is 5.41 Å². The normalized spacial score (nSPS) is 54.3. The Bertz CT molecular complexity index is 171. The number of rotatable bonds is 0. The first-order valence-corrected chi connectivity index (χ1v) is 4.30. The van der Waals surface area contributed by atoms with Gasteiger partial charge in [-0.05, 0) is 26.4 Å². The standard InChI is InChI=1S/C7H13FNP/c1-9-3-2-6(5-9)4-7(6,8)10/h2-5,10H2,1H3. The fourth-order valence-electron chi connectivity index (χ4n) is 2.01. The third-order valence-corrected chi connectivity index (χ3v) is 3.71. The molecule has 0 bridgehead atoms. The number of nitrogens with zero attached hydrogens (tertiary/aromatic N) is 1. The molecule has 1 nitrogen and oxygen atoms in total. The van der Waals surface area contributed by atoms with Gasteiger partial charge in [-0.3, -0.25) is 0 Å². The third kappa shape index (κ3) is 0.754. The summed E-state index contributed by atoms with van der Waals surface area (Å²) in [7, 11) is 4.41. The zero-order valence-corrected chi connectivity index (χ0v) is 7.39. The van der Waals surface area contributed by atoms with Crippen molar-refractivity contribution in [1.82, 2.24) is 4.90 Å². The van der Waals surface area contributed by atoms with Crippen LogP contribution in [-0.4, -0.2) is 30.4 Å². The van der Waals surface area contributed by atoms with Gasteiger partial charge in [0.1, 0.15) is 5.41 Å². The van der Waals surface area contributed by atoms with Crippen LogP contribution in [0.5, 0.6) is 0 Å². The lowest BCUT2D eigenvalue weighted by molar-refractivity contribution is 0.313. The summed E-state index contributed by atoms with van der Waals surface area (Å²) in [5.74, 6) is 0. The fourth-order valence-corrected chi connectivity index (χ4v) is 2.64. The molecule has 0 N–H and O–H groups in total. The fraction of sp³-hybridized carbons (Fsp3) is 1.00. The number of halogens is 1. The first kappa shape index (κ1) is 7.00. The quantitative estimate of drug-likeness (QED) is 0.483. The van der Waals surface area contributed by atoms with E-state index in [4.69, 9.17) is 0 Å². The summed E-state index contributed by atoms with van der Waals surface area (Å²) in [6.45, 7) is 2.02. The predicted molar refractivity (Wildman–Crippen MR) is 42.7 cm³/mol. The SMILES string of the molecule is CN1CCC2(C1)CC2(F)P. The maximum atomic E-state index is 13.3. The van der Waals surface area contributed by atoms with E-state index in [0.717, 1.165) is 25.9 Å². The Kier molecular flexibility index (Phi) is 1.21. The molecule has 0 aromatic heterocycles. The minimum Gasteiger partial charge on any atom is -0.306 e. The summed E-state index contributed by atoms with van der Waals surface area (Å²) < 4.78 is 13.3. The van der Waals surface area contributed by atoms with E-state index in [9.17, 15) is 4.39 Å². The molecule has 2 fully saturated rings. The Morgan fingerprint density at radius 3 is 2.40 bits per heavy atom. The zero-order valence-electron chi connectivity index (χ0n) is 6.23. The average Bonchev–Trinajstić information content (AvgIpc) is 2.20. The second-order valence-electron chi connectivity index (χ2n) is 3.81. The molecule has 2 aliphatic rings. The largest absolute Gasteiger partial charge is 0.306 e. The van der Waals surface area contributed by atoms with Crippen molar-refractivity contribution in [3.63, 3.8) is 0 Å². The van der Waals surface area contributed by atoms with Gasteiger partial charge in [-0.1, -0.05) is 9.24 Å². The molecule has 3 atom stereocenters. The summed E-state index contributed by atoms with van der Waals surface area (Å²) in [5.41, 5.74) is 0.0341. The molecule has 0 radical (unpaired) electrons. The smallest absolute Gasteiger partial charge is 0.131 e. The van der Waals surface area contributed by atoms with Gasteiger partial charge in [0.05, 0.1) is 0 Å². The van der Waals surface area contributed by atoms with Crippen LogP contribution in [0.2, 0.25) is 0 Å². The van der Waals surface area contributed by atoms with Crippen molar-refractivity contribution >= 4 is 9.24 Å². The van der Waals surface area contributed by atoms with Crippen molar-refractivity contribution in [2.75, 3.05) is 20.1 Å². The van der Waals surface area contributed by atoms with Crippen molar-refractivity contribution in [1.29, 1.82) is 0 Å². The van der Waals surface area contributed by atoms with E-state index in [0.29, 0.717) is 0 Å². The molecule has 0 aromatic rings. The van der Waals surface area contributed by atoms with E-state index in [2.05, 4.69) is 21.2 Å². The molecule has 1 aliphatic carbocycles. The van der Waals surface area contributed by atoms with Crippen LogP contribution in [0.3, 0.4) is 0 Å². The highest BCUT2D eigenvalue weighted by atomic mass is 31.0. The van der Waals surface area contributed by atoms with Crippen LogP contribution in [0.4, 0.5) is 4.39 Å². The lowest BCUT2D eigenvalue weighted by Crippen LogP contribution is -2.17. The van der Waals surface area contributed by atoms with E-state index >= 15 is 0 Å². The number of alkyl halides is 1. The van der Waals surface area contributed by atoms with Crippen LogP contribution < -0.4 is 0 Å². The summed E-state index contributed by atoms with van der Waals surface area (Å²) >= 11 is 0. The highest BCUT2D eigenvalue weighted by molar-refractivity contribution is 7.19. The Hall–Kier alpha value is 0.320. The van der Waals surface area contributed by atoms with Gasteiger partial charge in [0, 0.05) is 12.0 Å². The molecule has 3 unspecified atom stereocenters. The Balaban J connectivity index is 2.09.